The standard InChI is InChI=1S/C16H17ClN4O/c17-10-1-2-12-13(6-10)18-19-15(12)16(22)21-11-5-9-3-4-20(7-11)8-14(9)21/h1-2,6,9,11,14H,3-5,7-8H2,(H,18,19)/t9-,11-,14?/m0/s1. The smallest absolute Gasteiger partial charge is 0.275 e. The van der Waals surface area contributed by atoms with Gasteiger partial charge in [-0.05, 0) is 43.5 Å². The Balaban J connectivity index is 1.54. The second-order valence-corrected chi connectivity index (χ2v) is 7.18. The van der Waals surface area contributed by atoms with Crippen LogP contribution >= 0.6 is 11.6 Å². The van der Waals surface area contributed by atoms with Crippen LogP contribution in [0.3, 0.4) is 0 Å². The van der Waals surface area contributed by atoms with E-state index in [9.17, 15) is 4.79 Å². The van der Waals surface area contributed by atoms with Crippen LogP contribution in [0.5, 0.6) is 0 Å². The minimum Gasteiger partial charge on any atom is -0.328 e. The molecule has 0 radical (unpaired) electrons. The summed E-state index contributed by atoms with van der Waals surface area (Å²) in [7, 11) is 0. The van der Waals surface area contributed by atoms with E-state index in [1.54, 1.807) is 0 Å². The second-order valence-electron chi connectivity index (χ2n) is 6.74. The third kappa shape index (κ3) is 1.69. The minimum absolute atomic E-state index is 0.0765. The highest BCUT2D eigenvalue weighted by atomic mass is 35.5. The Hall–Kier alpha value is -1.59. The zero-order valence-corrected chi connectivity index (χ0v) is 12.9. The largest absolute Gasteiger partial charge is 0.328 e. The Morgan fingerprint density at radius 3 is 3.18 bits per heavy atom. The average molecular weight is 317 g/mol. The first-order chi connectivity index (χ1) is 10.7. The molecular formula is C16H17ClN4O. The third-order valence-corrected chi connectivity index (χ3v) is 5.80. The number of aromatic amines is 1. The topological polar surface area (TPSA) is 52.2 Å². The van der Waals surface area contributed by atoms with Gasteiger partial charge in [-0.2, -0.15) is 5.10 Å². The summed E-state index contributed by atoms with van der Waals surface area (Å²) < 4.78 is 0. The van der Waals surface area contributed by atoms with Crippen molar-refractivity contribution >= 4 is 28.4 Å². The number of H-pyrrole nitrogens is 1. The summed E-state index contributed by atoms with van der Waals surface area (Å²) >= 11 is 6.01. The predicted octanol–water partition coefficient (Wildman–Crippen LogP) is 2.13. The van der Waals surface area contributed by atoms with Crippen LogP contribution in [0.15, 0.2) is 18.2 Å². The number of rotatable bonds is 1. The van der Waals surface area contributed by atoms with Crippen LogP contribution in [0.2, 0.25) is 5.02 Å². The molecule has 1 amide bonds. The monoisotopic (exact) mass is 316 g/mol. The summed E-state index contributed by atoms with van der Waals surface area (Å²) in [6.07, 6.45) is 2.38. The molecule has 6 heteroatoms. The lowest BCUT2D eigenvalue weighted by molar-refractivity contribution is 0.0258. The molecule has 5 nitrogen and oxygen atoms in total. The molecule has 3 fully saturated rings. The maximum absolute atomic E-state index is 13.1. The molecular weight excluding hydrogens is 300 g/mol. The molecule has 22 heavy (non-hydrogen) atoms. The highest BCUT2D eigenvalue weighted by Gasteiger charge is 2.51. The molecule has 4 heterocycles. The molecule has 1 unspecified atom stereocenters. The van der Waals surface area contributed by atoms with E-state index in [0.717, 1.165) is 30.4 Å². The molecule has 0 aliphatic carbocycles. The Bertz CT molecular complexity index is 769. The molecule has 114 valence electrons. The predicted molar refractivity (Wildman–Crippen MR) is 84.0 cm³/mol. The number of fused-ring (bicyclic) bond motifs is 3. The van der Waals surface area contributed by atoms with E-state index >= 15 is 0 Å². The summed E-state index contributed by atoms with van der Waals surface area (Å²) in [6.45, 7) is 3.25. The summed E-state index contributed by atoms with van der Waals surface area (Å²) in [4.78, 5) is 17.7. The quantitative estimate of drug-likeness (QED) is 0.877. The van der Waals surface area contributed by atoms with Gasteiger partial charge in [0.25, 0.3) is 5.91 Å². The number of nitrogens with one attached hydrogen (secondary N) is 1. The number of hydrogen-bond donors (Lipinski definition) is 1. The first kappa shape index (κ1) is 12.9. The van der Waals surface area contributed by atoms with Gasteiger partial charge >= 0.3 is 0 Å². The van der Waals surface area contributed by atoms with Gasteiger partial charge in [-0.25, -0.2) is 0 Å². The molecule has 3 bridgehead atoms. The molecule has 4 atom stereocenters. The van der Waals surface area contributed by atoms with Crippen molar-refractivity contribution in [2.24, 2.45) is 5.92 Å². The van der Waals surface area contributed by atoms with Crippen molar-refractivity contribution in [1.82, 2.24) is 20.0 Å². The lowest BCUT2D eigenvalue weighted by Gasteiger charge is -2.44. The molecule has 3 saturated heterocycles. The Labute approximate surface area is 133 Å². The number of amides is 1. The van der Waals surface area contributed by atoms with Gasteiger partial charge in [0.2, 0.25) is 0 Å². The Kier molecular flexibility index (Phi) is 2.62. The highest BCUT2D eigenvalue weighted by molar-refractivity contribution is 6.31. The maximum atomic E-state index is 13.1. The van der Waals surface area contributed by atoms with Crippen LogP contribution in [-0.2, 0) is 0 Å². The fourth-order valence-electron chi connectivity index (χ4n) is 4.59. The first-order valence-electron chi connectivity index (χ1n) is 7.89. The molecule has 1 N–H and O–H groups in total. The molecule has 3 aliphatic rings. The van der Waals surface area contributed by atoms with E-state index in [4.69, 9.17) is 11.6 Å². The molecule has 1 aromatic heterocycles. The van der Waals surface area contributed by atoms with Gasteiger partial charge in [0, 0.05) is 35.6 Å². The lowest BCUT2D eigenvalue weighted by Crippen LogP contribution is -2.58. The van der Waals surface area contributed by atoms with Gasteiger partial charge in [0.15, 0.2) is 5.69 Å². The van der Waals surface area contributed by atoms with Crippen molar-refractivity contribution in [3.63, 3.8) is 0 Å². The van der Waals surface area contributed by atoms with Crippen molar-refractivity contribution in [2.75, 3.05) is 19.6 Å². The maximum Gasteiger partial charge on any atom is 0.275 e. The van der Waals surface area contributed by atoms with Crippen LogP contribution in [-0.4, -0.2) is 57.6 Å². The number of aromatic nitrogens is 2. The Morgan fingerprint density at radius 2 is 2.27 bits per heavy atom. The third-order valence-electron chi connectivity index (χ3n) is 5.56. The van der Waals surface area contributed by atoms with Crippen molar-refractivity contribution in [1.29, 1.82) is 0 Å². The number of nitrogens with zero attached hydrogens (tertiary/aromatic N) is 3. The van der Waals surface area contributed by atoms with E-state index < -0.39 is 0 Å². The minimum atomic E-state index is 0.0765. The number of halogens is 1. The lowest BCUT2D eigenvalue weighted by atomic mass is 9.93. The zero-order valence-electron chi connectivity index (χ0n) is 12.1. The van der Waals surface area contributed by atoms with E-state index in [1.165, 1.54) is 13.0 Å². The highest BCUT2D eigenvalue weighted by Crippen LogP contribution is 2.41. The zero-order chi connectivity index (χ0) is 14.8. The van der Waals surface area contributed by atoms with Crippen molar-refractivity contribution in [3.05, 3.63) is 28.9 Å². The molecule has 0 saturated carbocycles. The molecule has 0 spiro atoms. The summed E-state index contributed by atoms with van der Waals surface area (Å²) in [5.41, 5.74) is 1.36. The normalized spacial score (nSPS) is 32.9. The van der Waals surface area contributed by atoms with Crippen LogP contribution in [0.25, 0.3) is 10.9 Å². The number of piperazine rings is 1. The van der Waals surface area contributed by atoms with Gasteiger partial charge in [0.1, 0.15) is 0 Å². The van der Waals surface area contributed by atoms with E-state index in [-0.39, 0.29) is 5.91 Å². The van der Waals surface area contributed by atoms with Gasteiger partial charge in [-0.15, -0.1) is 0 Å². The molecule has 3 aliphatic heterocycles. The Morgan fingerprint density at radius 1 is 1.36 bits per heavy atom. The number of piperidine rings is 1. The van der Waals surface area contributed by atoms with Gasteiger partial charge in [0.05, 0.1) is 5.52 Å². The average Bonchev–Trinajstić information content (AvgIpc) is 2.95. The van der Waals surface area contributed by atoms with Crippen molar-refractivity contribution < 1.29 is 4.79 Å². The second kappa shape index (κ2) is 4.46. The summed E-state index contributed by atoms with van der Waals surface area (Å²) in [5, 5.41) is 8.74. The van der Waals surface area contributed by atoms with Crippen LogP contribution in [0.1, 0.15) is 23.3 Å². The summed E-state index contributed by atoms with van der Waals surface area (Å²) in [5.74, 6) is 0.750. The molecule has 1 aromatic carbocycles. The van der Waals surface area contributed by atoms with Crippen molar-refractivity contribution in [2.45, 2.75) is 24.9 Å². The first-order valence-corrected chi connectivity index (χ1v) is 8.27. The number of benzene rings is 1. The van der Waals surface area contributed by atoms with Crippen LogP contribution < -0.4 is 0 Å². The van der Waals surface area contributed by atoms with Crippen molar-refractivity contribution in [3.8, 4) is 0 Å². The van der Waals surface area contributed by atoms with E-state index in [0.29, 0.717) is 28.7 Å². The fourth-order valence-corrected chi connectivity index (χ4v) is 4.76. The van der Waals surface area contributed by atoms with Crippen LogP contribution in [0.4, 0.5) is 0 Å². The number of carbonyl (C=O) groups excluding carboxylic acids is 1. The van der Waals surface area contributed by atoms with E-state index in [1.807, 2.05) is 18.2 Å². The fraction of sp³-hybridized carbons (Fsp3) is 0.500. The van der Waals surface area contributed by atoms with Crippen LogP contribution in [0, 0.1) is 5.92 Å². The SMILES string of the molecule is O=C(c1n[nH]c2cc(Cl)ccc12)N1C2C[N@]3CC[C@H]2C[C@H]1C3. The number of carbonyl (C=O) groups is 1. The summed E-state index contributed by atoms with van der Waals surface area (Å²) in [6, 6.07) is 6.25. The van der Waals surface area contributed by atoms with E-state index in [2.05, 4.69) is 20.0 Å². The van der Waals surface area contributed by atoms with Gasteiger partial charge in [-0.1, -0.05) is 11.6 Å². The molecule has 5 rings (SSSR count). The van der Waals surface area contributed by atoms with Gasteiger partial charge in [-0.3, -0.25) is 14.8 Å². The number of hydrogen-bond acceptors (Lipinski definition) is 3. The van der Waals surface area contributed by atoms with Gasteiger partial charge < -0.3 is 4.90 Å². The molecule has 2 aromatic rings.